The molecule has 0 saturated heterocycles. The van der Waals surface area contributed by atoms with Gasteiger partial charge >= 0.3 is 0 Å². The van der Waals surface area contributed by atoms with Crippen molar-refractivity contribution in [2.75, 3.05) is 0 Å². The van der Waals surface area contributed by atoms with Crippen LogP contribution >= 0.6 is 15.9 Å². The molecule has 15 heteroatoms. The lowest BCUT2D eigenvalue weighted by atomic mass is 10.1. The van der Waals surface area contributed by atoms with Gasteiger partial charge < -0.3 is 30.1 Å². The summed E-state index contributed by atoms with van der Waals surface area (Å²) in [5, 5.41) is 9.45. The largest absolute Gasteiger partial charge is 0.505 e. The van der Waals surface area contributed by atoms with Gasteiger partial charge in [0, 0.05) is 16.5 Å². The van der Waals surface area contributed by atoms with Gasteiger partial charge in [-0.2, -0.15) is 0 Å². The highest BCUT2D eigenvalue weighted by Crippen LogP contribution is 2.25. The third-order valence-electron chi connectivity index (χ3n) is 6.28. The van der Waals surface area contributed by atoms with Gasteiger partial charge in [-0.1, -0.05) is 52.3 Å². The molecule has 0 aliphatic carbocycles. The summed E-state index contributed by atoms with van der Waals surface area (Å²) in [5.74, 6) is -7.08. The van der Waals surface area contributed by atoms with Crippen LogP contribution in [-0.4, -0.2) is 26.9 Å². The normalized spacial score (nSPS) is 10.3. The summed E-state index contributed by atoms with van der Waals surface area (Å²) in [6.07, 6.45) is 3.04. The number of benzene rings is 4. The van der Waals surface area contributed by atoms with Crippen LogP contribution in [0.1, 0.15) is 32.1 Å². The van der Waals surface area contributed by atoms with Gasteiger partial charge in [0.2, 0.25) is 11.8 Å². The SMILES string of the molecule is BrCc1coc(-c2ccccc2)n1.NC(=O)c1c(F)ccc(O)c1F.NC(=O)c1c(F)ccc(OCc2coc(-c3ccccc3)n2)c1F. The van der Waals surface area contributed by atoms with Crippen molar-refractivity contribution < 1.29 is 45.8 Å². The standard InChI is InChI=1S/C17H12F2N2O3.C10H8BrNO.C7H5F2NO2/c18-12-6-7-13(15(19)14(12)16(20)22)23-8-11-9-24-17(21-11)10-4-2-1-3-5-10;11-6-9-7-13-10(12-9)8-4-2-1-3-5-8;8-3-1-2-4(11)6(9)5(3)7(10)12/h1-7,9H,8H2,(H2,20,22);1-5,7H,6H2;1-2,11H,(H2,10,12). The molecule has 2 amide bonds. The maximum Gasteiger partial charge on any atom is 0.254 e. The number of alkyl halides is 1. The molecule has 0 saturated carbocycles. The number of nitrogens with two attached hydrogens (primary N) is 2. The maximum atomic E-state index is 14.0. The Morgan fingerprint density at radius 2 is 1.16 bits per heavy atom. The Bertz CT molecular complexity index is 2040. The van der Waals surface area contributed by atoms with E-state index >= 15 is 0 Å². The van der Waals surface area contributed by atoms with Crippen LogP contribution in [0.5, 0.6) is 11.5 Å². The highest BCUT2D eigenvalue weighted by atomic mass is 79.9. The molecule has 0 fully saturated rings. The lowest BCUT2D eigenvalue weighted by Gasteiger charge is -2.08. The van der Waals surface area contributed by atoms with Crippen LogP contribution < -0.4 is 16.2 Å². The van der Waals surface area contributed by atoms with E-state index in [2.05, 4.69) is 31.6 Å². The van der Waals surface area contributed by atoms with Gasteiger partial charge in [-0.05, 0) is 48.5 Å². The minimum Gasteiger partial charge on any atom is -0.505 e. The number of carbonyl (C=O) groups excluding carboxylic acids is 2. The minimum atomic E-state index is -1.33. The number of hydrogen-bond donors (Lipinski definition) is 3. The second-order valence-corrected chi connectivity index (χ2v) is 10.2. The number of aromatic hydroxyl groups is 1. The Labute approximate surface area is 284 Å². The van der Waals surface area contributed by atoms with Crippen molar-refractivity contribution in [1.82, 2.24) is 9.97 Å². The number of rotatable bonds is 8. The van der Waals surface area contributed by atoms with E-state index in [1.54, 1.807) is 6.26 Å². The molecule has 0 bridgehead atoms. The highest BCUT2D eigenvalue weighted by molar-refractivity contribution is 9.08. The van der Waals surface area contributed by atoms with Crippen LogP contribution in [0.15, 0.2) is 106 Å². The minimum absolute atomic E-state index is 0.114. The molecule has 6 rings (SSSR count). The first-order valence-electron chi connectivity index (χ1n) is 13.9. The fourth-order valence-electron chi connectivity index (χ4n) is 3.96. The van der Waals surface area contributed by atoms with Crippen LogP contribution in [-0.2, 0) is 11.9 Å². The van der Waals surface area contributed by atoms with Gasteiger partial charge in [-0.15, -0.1) is 0 Å². The van der Waals surface area contributed by atoms with E-state index in [1.165, 1.54) is 6.26 Å². The summed E-state index contributed by atoms with van der Waals surface area (Å²) in [4.78, 5) is 30.0. The van der Waals surface area contributed by atoms with Crippen molar-refractivity contribution in [2.24, 2.45) is 11.5 Å². The molecule has 4 aromatic carbocycles. The monoisotopic (exact) mass is 740 g/mol. The van der Waals surface area contributed by atoms with E-state index in [0.29, 0.717) is 17.5 Å². The number of ether oxygens (including phenoxy) is 1. The molecule has 2 aromatic heterocycles. The van der Waals surface area contributed by atoms with Gasteiger partial charge in [0.05, 0.1) is 5.69 Å². The summed E-state index contributed by atoms with van der Waals surface area (Å²) in [6.45, 7) is -0.114. The summed E-state index contributed by atoms with van der Waals surface area (Å²) in [7, 11) is 0. The quantitative estimate of drug-likeness (QED) is 0.108. The van der Waals surface area contributed by atoms with Gasteiger partial charge in [0.15, 0.2) is 23.1 Å². The second-order valence-electron chi connectivity index (χ2n) is 9.66. The molecular formula is C34H25BrF4N4O6. The molecule has 0 radical (unpaired) electrons. The number of phenolic OH excluding ortho intramolecular Hbond substituents is 1. The van der Waals surface area contributed by atoms with E-state index < -0.39 is 52.0 Å². The summed E-state index contributed by atoms with van der Waals surface area (Å²) in [6, 6.07) is 22.6. The average Bonchev–Trinajstić information content (AvgIpc) is 3.78. The van der Waals surface area contributed by atoms with Crippen LogP contribution in [0.4, 0.5) is 17.6 Å². The number of phenols is 1. The first-order chi connectivity index (χ1) is 23.5. The number of amides is 2. The lowest BCUT2D eigenvalue weighted by molar-refractivity contribution is 0.0982. The number of carbonyl (C=O) groups is 2. The van der Waals surface area contributed by atoms with Gasteiger partial charge in [0.25, 0.3) is 11.8 Å². The van der Waals surface area contributed by atoms with Crippen molar-refractivity contribution in [2.45, 2.75) is 11.9 Å². The van der Waals surface area contributed by atoms with Gasteiger partial charge in [0.1, 0.15) is 47.6 Å². The molecule has 0 unspecified atom stereocenters. The summed E-state index contributed by atoms with van der Waals surface area (Å²) < 4.78 is 68.7. The Morgan fingerprint density at radius 3 is 1.63 bits per heavy atom. The molecule has 0 atom stereocenters. The van der Waals surface area contributed by atoms with Crippen molar-refractivity contribution >= 4 is 27.7 Å². The number of primary amides is 2. The second kappa shape index (κ2) is 16.7. The lowest BCUT2D eigenvalue weighted by Crippen LogP contribution is -2.16. The first-order valence-corrected chi connectivity index (χ1v) is 15.0. The fraction of sp³-hybridized carbons (Fsp3) is 0.0588. The van der Waals surface area contributed by atoms with Crippen LogP contribution in [0.25, 0.3) is 22.9 Å². The zero-order valence-corrected chi connectivity index (χ0v) is 26.7. The van der Waals surface area contributed by atoms with Crippen molar-refractivity contribution in [3.05, 3.63) is 143 Å². The molecular weight excluding hydrogens is 716 g/mol. The third-order valence-corrected chi connectivity index (χ3v) is 6.85. The topological polar surface area (TPSA) is 168 Å². The fourth-order valence-corrected chi connectivity index (χ4v) is 4.22. The smallest absolute Gasteiger partial charge is 0.254 e. The number of hydrogen-bond acceptors (Lipinski definition) is 8. The molecule has 5 N–H and O–H groups in total. The molecule has 0 aliphatic heterocycles. The van der Waals surface area contributed by atoms with Gasteiger partial charge in [-0.3, -0.25) is 9.59 Å². The van der Waals surface area contributed by atoms with Crippen molar-refractivity contribution in [3.63, 3.8) is 0 Å². The van der Waals surface area contributed by atoms with Gasteiger partial charge in [-0.25, -0.2) is 27.5 Å². The number of nitrogens with zero attached hydrogens (tertiary/aromatic N) is 2. The zero-order valence-electron chi connectivity index (χ0n) is 25.1. The molecule has 49 heavy (non-hydrogen) atoms. The zero-order chi connectivity index (χ0) is 35.5. The molecule has 0 aliphatic rings. The predicted molar refractivity (Wildman–Crippen MR) is 172 cm³/mol. The predicted octanol–water partition coefficient (Wildman–Crippen LogP) is 7.30. The molecule has 252 valence electrons. The Kier molecular flexibility index (Phi) is 12.3. The van der Waals surface area contributed by atoms with Crippen LogP contribution in [0.2, 0.25) is 0 Å². The average molecular weight is 741 g/mol. The number of oxazole rings is 2. The third kappa shape index (κ3) is 9.32. The number of aromatic nitrogens is 2. The van der Waals surface area contributed by atoms with Crippen molar-refractivity contribution in [3.8, 4) is 34.4 Å². The summed E-state index contributed by atoms with van der Waals surface area (Å²) in [5.41, 5.74) is 11.0. The van der Waals surface area contributed by atoms with Crippen LogP contribution in [0, 0.1) is 23.3 Å². The van der Waals surface area contributed by atoms with E-state index in [1.807, 2.05) is 60.7 Å². The van der Waals surface area contributed by atoms with E-state index in [-0.39, 0.29) is 12.4 Å². The molecule has 10 nitrogen and oxygen atoms in total. The van der Waals surface area contributed by atoms with E-state index in [9.17, 15) is 27.2 Å². The Morgan fingerprint density at radius 1 is 0.694 bits per heavy atom. The first kappa shape index (κ1) is 35.9. The summed E-state index contributed by atoms with van der Waals surface area (Å²) >= 11 is 3.32. The molecule has 6 aromatic rings. The van der Waals surface area contributed by atoms with Crippen molar-refractivity contribution in [1.29, 1.82) is 0 Å². The maximum absolute atomic E-state index is 14.0. The van der Waals surface area contributed by atoms with E-state index in [4.69, 9.17) is 24.4 Å². The Balaban J connectivity index is 0.000000182. The van der Waals surface area contributed by atoms with E-state index in [0.717, 1.165) is 46.4 Å². The van der Waals surface area contributed by atoms with Crippen LogP contribution in [0.3, 0.4) is 0 Å². The molecule has 0 spiro atoms. The highest BCUT2D eigenvalue weighted by Gasteiger charge is 2.20. The number of halogens is 5. The molecule has 2 heterocycles. The Hall–Kier alpha value is -5.96.